The van der Waals surface area contributed by atoms with Crippen molar-refractivity contribution in [3.05, 3.63) is 75.6 Å². The number of benzene rings is 2. The number of aromatic nitrogens is 1. The molecule has 5 nitrogen and oxygen atoms in total. The molecule has 0 bridgehead atoms. The molecule has 1 aromatic heterocycles. The van der Waals surface area contributed by atoms with Gasteiger partial charge in [-0.15, -0.1) is 0 Å². The molecule has 0 saturated carbocycles. The molecule has 1 saturated heterocycles. The van der Waals surface area contributed by atoms with Gasteiger partial charge in [0, 0.05) is 29.9 Å². The summed E-state index contributed by atoms with van der Waals surface area (Å²) in [5.41, 5.74) is 4.75. The Bertz CT molecular complexity index is 1100. The van der Waals surface area contributed by atoms with Gasteiger partial charge in [-0.1, -0.05) is 29.3 Å². The summed E-state index contributed by atoms with van der Waals surface area (Å²) in [6.45, 7) is 5.97. The van der Waals surface area contributed by atoms with Gasteiger partial charge in [-0.3, -0.25) is 4.79 Å². The van der Waals surface area contributed by atoms with Crippen LogP contribution in [0.4, 0.5) is 5.69 Å². The summed E-state index contributed by atoms with van der Waals surface area (Å²) in [5.74, 6) is 0. The maximum atomic E-state index is 12.7. The van der Waals surface area contributed by atoms with E-state index in [2.05, 4.69) is 30.2 Å². The summed E-state index contributed by atoms with van der Waals surface area (Å²) < 4.78 is 5.84. The molecule has 1 fully saturated rings. The zero-order valence-corrected chi connectivity index (χ0v) is 18.2. The SMILES string of the molecule is Cc1ccc(NC(=S)N(Cc2cc3cc(C)ccc3[nH]c2=O)C[C@H]2CCCO2)cc1. The van der Waals surface area contributed by atoms with Crippen LogP contribution in [0.5, 0.6) is 0 Å². The normalized spacial score (nSPS) is 16.0. The highest BCUT2D eigenvalue weighted by atomic mass is 32.1. The minimum absolute atomic E-state index is 0.0816. The molecule has 0 aliphatic carbocycles. The van der Waals surface area contributed by atoms with E-state index in [1.807, 2.05) is 47.4 Å². The van der Waals surface area contributed by atoms with Gasteiger partial charge in [0.25, 0.3) is 5.56 Å². The smallest absolute Gasteiger partial charge is 0.253 e. The second kappa shape index (κ2) is 8.98. The molecule has 1 atom stereocenters. The Kier molecular flexibility index (Phi) is 6.16. The highest BCUT2D eigenvalue weighted by molar-refractivity contribution is 7.80. The zero-order valence-electron chi connectivity index (χ0n) is 17.4. The number of thiocarbonyl (C=S) groups is 1. The van der Waals surface area contributed by atoms with Crippen LogP contribution in [0.25, 0.3) is 10.9 Å². The Labute approximate surface area is 182 Å². The van der Waals surface area contributed by atoms with Crippen LogP contribution >= 0.6 is 12.2 Å². The van der Waals surface area contributed by atoms with E-state index in [4.69, 9.17) is 17.0 Å². The van der Waals surface area contributed by atoms with Crippen LogP contribution in [0.3, 0.4) is 0 Å². The van der Waals surface area contributed by atoms with Crippen LogP contribution in [-0.2, 0) is 11.3 Å². The number of ether oxygens (including phenoxy) is 1. The molecule has 0 amide bonds. The maximum Gasteiger partial charge on any atom is 0.253 e. The number of fused-ring (bicyclic) bond motifs is 1. The van der Waals surface area contributed by atoms with Crippen LogP contribution < -0.4 is 10.9 Å². The number of H-pyrrole nitrogens is 1. The average molecular weight is 422 g/mol. The van der Waals surface area contributed by atoms with Crippen LogP contribution in [0, 0.1) is 13.8 Å². The van der Waals surface area contributed by atoms with Crippen molar-refractivity contribution < 1.29 is 4.74 Å². The molecule has 2 aromatic carbocycles. The molecule has 2 N–H and O–H groups in total. The van der Waals surface area contributed by atoms with E-state index in [0.29, 0.717) is 23.8 Å². The molecule has 0 radical (unpaired) electrons. The second-order valence-corrected chi connectivity index (χ2v) is 8.41. The average Bonchev–Trinajstić information content (AvgIpc) is 3.23. The topological polar surface area (TPSA) is 57.4 Å². The van der Waals surface area contributed by atoms with Crippen molar-refractivity contribution in [2.24, 2.45) is 0 Å². The van der Waals surface area contributed by atoms with Gasteiger partial charge in [0.15, 0.2) is 5.11 Å². The van der Waals surface area contributed by atoms with Gasteiger partial charge < -0.3 is 19.9 Å². The Hall–Kier alpha value is -2.70. The third kappa shape index (κ3) is 4.89. The highest BCUT2D eigenvalue weighted by Crippen LogP contribution is 2.18. The molecule has 6 heteroatoms. The number of hydrogen-bond donors (Lipinski definition) is 2. The van der Waals surface area contributed by atoms with Crippen molar-refractivity contribution >= 4 is 33.9 Å². The first kappa shape index (κ1) is 20.6. The summed E-state index contributed by atoms with van der Waals surface area (Å²) in [6.07, 6.45) is 2.20. The van der Waals surface area contributed by atoms with E-state index in [1.54, 1.807) is 0 Å². The van der Waals surface area contributed by atoms with Gasteiger partial charge in [0.1, 0.15) is 0 Å². The van der Waals surface area contributed by atoms with Crippen molar-refractivity contribution in [3.63, 3.8) is 0 Å². The van der Waals surface area contributed by atoms with Crippen LogP contribution in [-0.4, -0.2) is 34.3 Å². The predicted molar refractivity (Wildman–Crippen MR) is 126 cm³/mol. The molecular weight excluding hydrogens is 394 g/mol. The first-order chi connectivity index (χ1) is 14.5. The first-order valence-electron chi connectivity index (χ1n) is 10.3. The van der Waals surface area contributed by atoms with E-state index in [-0.39, 0.29) is 11.7 Å². The predicted octanol–water partition coefficient (Wildman–Crippen LogP) is 4.52. The standard InChI is InChI=1S/C24H27N3O2S/c1-16-5-8-20(9-6-16)25-24(30)27(15-21-4-3-11-29-21)14-19-13-18-12-17(2)7-10-22(18)26-23(19)28/h5-10,12-13,21H,3-4,11,14-15H2,1-2H3,(H,25,30)(H,26,28)/t21-/m1/s1. The Morgan fingerprint density at radius 3 is 2.67 bits per heavy atom. The number of nitrogens with zero attached hydrogens (tertiary/aromatic N) is 1. The van der Waals surface area contributed by atoms with Gasteiger partial charge in [-0.2, -0.15) is 0 Å². The number of aryl methyl sites for hydroxylation is 2. The molecule has 3 aromatic rings. The third-order valence-electron chi connectivity index (χ3n) is 5.48. The minimum Gasteiger partial charge on any atom is -0.376 e. The van der Waals surface area contributed by atoms with Gasteiger partial charge in [0.05, 0.1) is 12.6 Å². The van der Waals surface area contributed by atoms with Crippen LogP contribution in [0.2, 0.25) is 0 Å². The number of hydrogen-bond acceptors (Lipinski definition) is 3. The number of aromatic amines is 1. The van der Waals surface area contributed by atoms with E-state index >= 15 is 0 Å². The minimum atomic E-state index is -0.0816. The van der Waals surface area contributed by atoms with Gasteiger partial charge in [0.2, 0.25) is 0 Å². The lowest BCUT2D eigenvalue weighted by Gasteiger charge is -2.28. The third-order valence-corrected chi connectivity index (χ3v) is 5.84. The lowest BCUT2D eigenvalue weighted by molar-refractivity contribution is 0.0904. The van der Waals surface area contributed by atoms with E-state index < -0.39 is 0 Å². The lowest BCUT2D eigenvalue weighted by Crippen LogP contribution is -2.40. The summed E-state index contributed by atoms with van der Waals surface area (Å²) in [6, 6.07) is 16.1. The van der Waals surface area contributed by atoms with E-state index in [0.717, 1.165) is 41.6 Å². The Morgan fingerprint density at radius 1 is 1.17 bits per heavy atom. The van der Waals surface area contributed by atoms with Gasteiger partial charge in [-0.05, 0) is 74.6 Å². The molecule has 30 heavy (non-hydrogen) atoms. The van der Waals surface area contributed by atoms with E-state index in [9.17, 15) is 4.79 Å². The highest BCUT2D eigenvalue weighted by Gasteiger charge is 2.22. The molecular formula is C24H27N3O2S. The van der Waals surface area contributed by atoms with Crippen molar-refractivity contribution in [2.75, 3.05) is 18.5 Å². The molecule has 4 rings (SSSR count). The van der Waals surface area contributed by atoms with Crippen molar-refractivity contribution in [3.8, 4) is 0 Å². The van der Waals surface area contributed by atoms with Gasteiger partial charge in [-0.25, -0.2) is 0 Å². The first-order valence-corrected chi connectivity index (χ1v) is 10.8. The number of nitrogens with one attached hydrogen (secondary N) is 2. The molecule has 156 valence electrons. The molecule has 0 spiro atoms. The fourth-order valence-electron chi connectivity index (χ4n) is 3.79. The van der Waals surface area contributed by atoms with Crippen LogP contribution in [0.15, 0.2) is 53.3 Å². The molecule has 2 heterocycles. The van der Waals surface area contributed by atoms with E-state index in [1.165, 1.54) is 5.56 Å². The van der Waals surface area contributed by atoms with Crippen molar-refractivity contribution in [1.29, 1.82) is 0 Å². The Balaban J connectivity index is 1.59. The van der Waals surface area contributed by atoms with Gasteiger partial charge >= 0.3 is 0 Å². The Morgan fingerprint density at radius 2 is 1.93 bits per heavy atom. The second-order valence-electron chi connectivity index (χ2n) is 8.03. The monoisotopic (exact) mass is 421 g/mol. The number of anilines is 1. The zero-order chi connectivity index (χ0) is 21.1. The van der Waals surface area contributed by atoms with Crippen molar-refractivity contribution in [1.82, 2.24) is 9.88 Å². The number of rotatable bonds is 5. The number of pyridine rings is 1. The lowest BCUT2D eigenvalue weighted by atomic mass is 10.1. The maximum absolute atomic E-state index is 12.7. The quantitative estimate of drug-likeness (QED) is 0.593. The fourth-order valence-corrected chi connectivity index (χ4v) is 4.04. The summed E-state index contributed by atoms with van der Waals surface area (Å²) in [5, 5.41) is 4.94. The molecule has 0 unspecified atom stereocenters. The summed E-state index contributed by atoms with van der Waals surface area (Å²) >= 11 is 5.73. The van der Waals surface area contributed by atoms with Crippen LogP contribution in [0.1, 0.15) is 29.5 Å². The summed E-state index contributed by atoms with van der Waals surface area (Å²) in [4.78, 5) is 17.8. The largest absolute Gasteiger partial charge is 0.376 e. The molecule has 1 aliphatic heterocycles. The summed E-state index contributed by atoms with van der Waals surface area (Å²) in [7, 11) is 0. The van der Waals surface area contributed by atoms with Crippen molar-refractivity contribution in [2.45, 2.75) is 39.3 Å². The molecule has 1 aliphatic rings. The fraction of sp³-hybridized carbons (Fsp3) is 0.333.